The van der Waals surface area contributed by atoms with E-state index >= 15 is 0 Å². The third-order valence-electron chi connectivity index (χ3n) is 7.02. The van der Waals surface area contributed by atoms with Crippen LogP contribution in [0.2, 0.25) is 0 Å². The normalized spacial score (nSPS) is 14.5. The zero-order valence-corrected chi connectivity index (χ0v) is 22.6. The topological polar surface area (TPSA) is 67.6 Å². The molecule has 1 atom stereocenters. The number of hydrogen-bond donors (Lipinski definition) is 1. The van der Waals surface area contributed by atoms with Crippen LogP contribution in [0.3, 0.4) is 0 Å². The van der Waals surface area contributed by atoms with Crippen molar-refractivity contribution in [2.45, 2.75) is 32.9 Å². The second-order valence-corrected chi connectivity index (χ2v) is 9.74. The van der Waals surface area contributed by atoms with E-state index in [1.165, 1.54) is 0 Å². The lowest BCUT2D eigenvalue weighted by molar-refractivity contribution is 0.143. The predicted octanol–water partition coefficient (Wildman–Crippen LogP) is 5.08. The third-order valence-corrected chi connectivity index (χ3v) is 7.02. The van der Waals surface area contributed by atoms with Crippen molar-refractivity contribution in [2.24, 2.45) is 0 Å². The Kier molecular flexibility index (Phi) is 7.51. The maximum absolute atomic E-state index is 13.8. The Hall–Kier alpha value is -4.04. The van der Waals surface area contributed by atoms with E-state index in [9.17, 15) is 4.79 Å². The number of urea groups is 1. The highest BCUT2D eigenvalue weighted by Gasteiger charge is 2.35. The van der Waals surface area contributed by atoms with E-state index in [-0.39, 0.29) is 12.1 Å². The van der Waals surface area contributed by atoms with Crippen molar-refractivity contribution in [3.8, 4) is 11.5 Å². The SMILES string of the molecule is CCOCCCNC(=O)N1Cc2c(C)nn(-c3ccccc3)c2-n2cccc2C1c1ccc(N(C)C)cc1. The van der Waals surface area contributed by atoms with Crippen molar-refractivity contribution in [3.63, 3.8) is 0 Å². The van der Waals surface area contributed by atoms with E-state index in [0.717, 1.165) is 46.1 Å². The fraction of sp³-hybridized carbons (Fsp3) is 0.333. The van der Waals surface area contributed by atoms with E-state index in [4.69, 9.17) is 9.84 Å². The molecule has 0 spiro atoms. The highest BCUT2D eigenvalue weighted by molar-refractivity contribution is 5.76. The van der Waals surface area contributed by atoms with Crippen molar-refractivity contribution in [3.05, 3.63) is 95.4 Å². The first kappa shape index (κ1) is 25.6. The Balaban J connectivity index is 1.60. The molecular weight excluding hydrogens is 476 g/mol. The summed E-state index contributed by atoms with van der Waals surface area (Å²) in [7, 11) is 4.06. The smallest absolute Gasteiger partial charge is 0.318 e. The molecular formula is C30H36N6O2. The minimum Gasteiger partial charge on any atom is -0.382 e. The zero-order valence-electron chi connectivity index (χ0n) is 22.6. The van der Waals surface area contributed by atoms with Gasteiger partial charge in [0, 0.05) is 51.3 Å². The van der Waals surface area contributed by atoms with Gasteiger partial charge >= 0.3 is 6.03 Å². The molecule has 2 aromatic carbocycles. The number of carbonyl (C=O) groups is 1. The molecule has 8 heteroatoms. The minimum absolute atomic E-state index is 0.101. The molecule has 0 saturated carbocycles. The van der Waals surface area contributed by atoms with Crippen LogP contribution in [0.15, 0.2) is 72.9 Å². The number of amides is 2. The van der Waals surface area contributed by atoms with Gasteiger partial charge in [0.1, 0.15) is 5.82 Å². The van der Waals surface area contributed by atoms with Gasteiger partial charge < -0.3 is 24.4 Å². The number of aromatic nitrogens is 3. The highest BCUT2D eigenvalue weighted by atomic mass is 16.5. The second kappa shape index (κ2) is 11.1. The summed E-state index contributed by atoms with van der Waals surface area (Å²) in [4.78, 5) is 17.8. The lowest BCUT2D eigenvalue weighted by Crippen LogP contribution is -2.42. The number of fused-ring (bicyclic) bond motifs is 3. The van der Waals surface area contributed by atoms with Crippen LogP contribution < -0.4 is 10.2 Å². The number of para-hydroxylation sites is 1. The van der Waals surface area contributed by atoms with Gasteiger partial charge in [-0.3, -0.25) is 0 Å². The van der Waals surface area contributed by atoms with Crippen LogP contribution >= 0.6 is 0 Å². The quantitative estimate of drug-likeness (QED) is 0.335. The van der Waals surface area contributed by atoms with E-state index in [1.807, 2.05) is 61.8 Å². The number of carbonyl (C=O) groups excluding carboxylic acids is 1. The summed E-state index contributed by atoms with van der Waals surface area (Å²) < 4.78 is 9.64. The molecule has 8 nitrogen and oxygen atoms in total. The van der Waals surface area contributed by atoms with Gasteiger partial charge in [0.2, 0.25) is 0 Å². The standard InChI is InChI=1S/C30H36N6O2/c1-5-38-20-10-18-31-30(37)35-21-26-22(2)32-36(25-11-7-6-8-12-25)29(26)34-19-9-13-27(34)28(35)23-14-16-24(17-15-23)33(3)4/h6-9,11-17,19,28H,5,10,18,20-21H2,1-4H3,(H,31,37). The highest BCUT2D eigenvalue weighted by Crippen LogP contribution is 2.38. The molecule has 0 fully saturated rings. The molecule has 38 heavy (non-hydrogen) atoms. The minimum atomic E-state index is -0.274. The molecule has 4 aromatic rings. The monoisotopic (exact) mass is 512 g/mol. The molecule has 2 aromatic heterocycles. The predicted molar refractivity (Wildman–Crippen MR) is 150 cm³/mol. The number of benzene rings is 2. The number of rotatable bonds is 8. The summed E-state index contributed by atoms with van der Waals surface area (Å²) in [6.45, 7) is 6.29. The Morgan fingerprint density at radius 3 is 2.55 bits per heavy atom. The van der Waals surface area contributed by atoms with Crippen molar-refractivity contribution in [1.82, 2.24) is 24.6 Å². The Labute approximate surface area is 224 Å². The maximum Gasteiger partial charge on any atom is 0.318 e. The Bertz CT molecular complexity index is 1370. The van der Waals surface area contributed by atoms with Crippen LogP contribution in [-0.2, 0) is 11.3 Å². The average Bonchev–Trinajstić information content (AvgIpc) is 3.49. The van der Waals surface area contributed by atoms with Crippen molar-refractivity contribution < 1.29 is 9.53 Å². The first-order chi connectivity index (χ1) is 18.5. The summed E-state index contributed by atoms with van der Waals surface area (Å²) in [5.41, 5.74) is 6.11. The average molecular weight is 513 g/mol. The van der Waals surface area contributed by atoms with Crippen LogP contribution in [0, 0.1) is 6.92 Å². The summed E-state index contributed by atoms with van der Waals surface area (Å²) in [5, 5.41) is 8.06. The van der Waals surface area contributed by atoms with Gasteiger partial charge in [0.25, 0.3) is 0 Å². The number of ether oxygens (including phenoxy) is 1. The van der Waals surface area contributed by atoms with Crippen LogP contribution in [-0.4, -0.2) is 59.1 Å². The second-order valence-electron chi connectivity index (χ2n) is 9.74. The molecule has 3 heterocycles. The van der Waals surface area contributed by atoms with Crippen LogP contribution in [0.4, 0.5) is 10.5 Å². The zero-order chi connectivity index (χ0) is 26.6. The van der Waals surface area contributed by atoms with E-state index in [0.29, 0.717) is 26.3 Å². The fourth-order valence-electron chi connectivity index (χ4n) is 5.07. The molecule has 1 N–H and O–H groups in total. The summed E-state index contributed by atoms with van der Waals surface area (Å²) in [5.74, 6) is 0.968. The number of aryl methyl sites for hydroxylation is 1. The van der Waals surface area contributed by atoms with Crippen LogP contribution in [0.1, 0.15) is 41.9 Å². The molecule has 1 aliphatic heterocycles. The van der Waals surface area contributed by atoms with Crippen LogP contribution in [0.5, 0.6) is 0 Å². The Morgan fingerprint density at radius 1 is 1.08 bits per heavy atom. The van der Waals surface area contributed by atoms with Gasteiger partial charge in [-0.25, -0.2) is 9.48 Å². The number of anilines is 1. The first-order valence-corrected chi connectivity index (χ1v) is 13.2. The molecule has 1 unspecified atom stereocenters. The van der Waals surface area contributed by atoms with Gasteiger partial charge in [0.15, 0.2) is 0 Å². The number of nitrogens with one attached hydrogen (secondary N) is 1. The van der Waals surface area contributed by atoms with E-state index < -0.39 is 0 Å². The summed E-state index contributed by atoms with van der Waals surface area (Å²) in [6, 6.07) is 22.4. The molecule has 198 valence electrons. The number of hydrogen-bond acceptors (Lipinski definition) is 4. The Morgan fingerprint density at radius 2 is 1.84 bits per heavy atom. The molecule has 2 amide bonds. The summed E-state index contributed by atoms with van der Waals surface area (Å²) >= 11 is 0. The molecule has 5 rings (SSSR count). The molecule has 0 saturated heterocycles. The van der Waals surface area contributed by atoms with Crippen LogP contribution in [0.25, 0.3) is 11.5 Å². The maximum atomic E-state index is 13.8. The largest absolute Gasteiger partial charge is 0.382 e. The molecule has 0 radical (unpaired) electrons. The van der Waals surface area contributed by atoms with Gasteiger partial charge in [-0.2, -0.15) is 5.10 Å². The lowest BCUT2D eigenvalue weighted by Gasteiger charge is -2.31. The van der Waals surface area contributed by atoms with Crippen molar-refractivity contribution in [1.29, 1.82) is 0 Å². The van der Waals surface area contributed by atoms with E-state index in [2.05, 4.69) is 63.4 Å². The number of nitrogens with zero attached hydrogens (tertiary/aromatic N) is 5. The first-order valence-electron chi connectivity index (χ1n) is 13.2. The molecule has 0 bridgehead atoms. The third kappa shape index (κ3) is 4.91. The molecule has 0 aliphatic carbocycles. The fourth-order valence-corrected chi connectivity index (χ4v) is 5.07. The lowest BCUT2D eigenvalue weighted by atomic mass is 10.0. The molecule has 1 aliphatic rings. The van der Waals surface area contributed by atoms with Gasteiger partial charge in [-0.15, -0.1) is 0 Å². The summed E-state index contributed by atoms with van der Waals surface area (Å²) in [6.07, 6.45) is 2.83. The van der Waals surface area contributed by atoms with Gasteiger partial charge in [-0.1, -0.05) is 30.3 Å². The van der Waals surface area contributed by atoms with Gasteiger partial charge in [-0.05, 0) is 62.2 Å². The van der Waals surface area contributed by atoms with Crippen molar-refractivity contribution >= 4 is 11.7 Å². The van der Waals surface area contributed by atoms with Crippen molar-refractivity contribution in [2.75, 3.05) is 38.8 Å². The van der Waals surface area contributed by atoms with Gasteiger partial charge in [0.05, 0.1) is 29.7 Å². The van der Waals surface area contributed by atoms with E-state index in [1.54, 1.807) is 0 Å².